The normalized spacial score (nSPS) is 16.1. The molecular weight excluding hydrogens is 313 g/mol. The van der Waals surface area contributed by atoms with Gasteiger partial charge in [-0.05, 0) is 18.8 Å². The first-order valence-corrected chi connectivity index (χ1v) is 7.70. The van der Waals surface area contributed by atoms with Crippen molar-refractivity contribution in [2.24, 2.45) is 23.2 Å². The fourth-order valence-electron chi connectivity index (χ4n) is 1.78. The fraction of sp³-hybridized carbons (Fsp3) is 0.875. The number of carbonyl (C=O) groups is 2. The van der Waals surface area contributed by atoms with Gasteiger partial charge in [-0.1, -0.05) is 34.6 Å². The van der Waals surface area contributed by atoms with E-state index in [1.807, 2.05) is 13.8 Å². The second-order valence-electron chi connectivity index (χ2n) is 6.93. The summed E-state index contributed by atoms with van der Waals surface area (Å²) >= 11 is 0. The molecule has 0 spiro atoms. The zero-order valence-corrected chi connectivity index (χ0v) is 14.6. The lowest BCUT2D eigenvalue weighted by Gasteiger charge is -2.34. The molecule has 0 aromatic rings. The summed E-state index contributed by atoms with van der Waals surface area (Å²) in [6.45, 7) is 9.24. The molecule has 0 rings (SSSR count). The maximum absolute atomic E-state index is 13.1. The molecule has 0 aliphatic rings. The second-order valence-corrected chi connectivity index (χ2v) is 6.93. The second kappa shape index (κ2) is 8.55. The van der Waals surface area contributed by atoms with Gasteiger partial charge in [0.05, 0.1) is 31.0 Å². The lowest BCUT2D eigenvalue weighted by atomic mass is 9.75. The summed E-state index contributed by atoms with van der Waals surface area (Å²) in [5.41, 5.74) is -2.01. The molecule has 0 saturated heterocycles. The Morgan fingerprint density at radius 3 is 1.74 bits per heavy atom. The van der Waals surface area contributed by atoms with Crippen molar-refractivity contribution in [1.29, 1.82) is 0 Å². The number of hydrogen-bond donors (Lipinski definition) is 0. The Labute approximate surface area is 135 Å². The Balaban J connectivity index is 5.21. The van der Waals surface area contributed by atoms with Crippen molar-refractivity contribution < 1.29 is 32.2 Å². The smallest absolute Gasteiger partial charge is 0.392 e. The topological polar surface area (TPSA) is 52.6 Å². The van der Waals surface area contributed by atoms with Crippen LogP contribution in [0.1, 0.15) is 48.0 Å². The average Bonchev–Trinajstić information content (AvgIpc) is 2.40. The summed E-state index contributed by atoms with van der Waals surface area (Å²) in [4.78, 5) is 24.0. The molecule has 0 heterocycles. The van der Waals surface area contributed by atoms with Crippen molar-refractivity contribution in [3.05, 3.63) is 0 Å². The van der Waals surface area contributed by atoms with Gasteiger partial charge in [0.25, 0.3) is 0 Å². The number of ether oxygens (including phenoxy) is 2. The van der Waals surface area contributed by atoms with Crippen LogP contribution in [-0.2, 0) is 19.1 Å². The molecule has 23 heavy (non-hydrogen) atoms. The molecule has 0 bridgehead atoms. The first-order chi connectivity index (χ1) is 10.3. The van der Waals surface area contributed by atoms with Crippen LogP contribution >= 0.6 is 0 Å². The Morgan fingerprint density at radius 1 is 0.913 bits per heavy atom. The van der Waals surface area contributed by atoms with Crippen LogP contribution in [0.15, 0.2) is 0 Å². The molecule has 0 aliphatic carbocycles. The summed E-state index contributed by atoms with van der Waals surface area (Å²) in [6, 6.07) is 0. The minimum absolute atomic E-state index is 0.0000418. The van der Waals surface area contributed by atoms with Gasteiger partial charge in [0.1, 0.15) is 0 Å². The number of carbonyl (C=O) groups excluding carboxylic acids is 2. The lowest BCUT2D eigenvalue weighted by Crippen LogP contribution is -2.45. The highest BCUT2D eigenvalue weighted by Gasteiger charge is 2.54. The molecule has 0 saturated carbocycles. The number of rotatable bonds is 8. The van der Waals surface area contributed by atoms with Crippen LogP contribution in [0, 0.1) is 23.2 Å². The van der Waals surface area contributed by atoms with Gasteiger partial charge in [-0.15, -0.1) is 0 Å². The Kier molecular flexibility index (Phi) is 8.07. The average molecular weight is 340 g/mol. The molecule has 2 atom stereocenters. The predicted molar refractivity (Wildman–Crippen MR) is 79.5 cm³/mol. The van der Waals surface area contributed by atoms with Crippen LogP contribution in [0.5, 0.6) is 0 Å². The van der Waals surface area contributed by atoms with Crippen molar-refractivity contribution >= 4 is 11.9 Å². The quantitative estimate of drug-likeness (QED) is 0.627. The van der Waals surface area contributed by atoms with E-state index < -0.39 is 35.9 Å². The number of alkyl halides is 3. The minimum atomic E-state index is -4.62. The van der Waals surface area contributed by atoms with Gasteiger partial charge in [0.2, 0.25) is 0 Å². The summed E-state index contributed by atoms with van der Waals surface area (Å²) in [5.74, 6) is -3.85. The molecule has 2 unspecified atom stereocenters. The zero-order valence-electron chi connectivity index (χ0n) is 14.6. The summed E-state index contributed by atoms with van der Waals surface area (Å²) in [5, 5.41) is 0. The van der Waals surface area contributed by atoms with E-state index >= 15 is 0 Å². The summed E-state index contributed by atoms with van der Waals surface area (Å²) in [6.07, 6.45) is -5.29. The van der Waals surface area contributed by atoms with E-state index in [9.17, 15) is 22.8 Å². The van der Waals surface area contributed by atoms with Gasteiger partial charge in [-0.25, -0.2) is 0 Å². The largest absolute Gasteiger partial charge is 0.465 e. The molecule has 0 N–H and O–H groups in total. The van der Waals surface area contributed by atoms with Gasteiger partial charge in [-0.2, -0.15) is 13.2 Å². The molecular formula is C16H27F3O4. The fourth-order valence-corrected chi connectivity index (χ4v) is 1.78. The van der Waals surface area contributed by atoms with Crippen molar-refractivity contribution in [2.75, 3.05) is 13.2 Å². The van der Waals surface area contributed by atoms with Crippen LogP contribution in [-0.4, -0.2) is 31.3 Å². The van der Waals surface area contributed by atoms with E-state index in [1.54, 1.807) is 13.8 Å². The van der Waals surface area contributed by atoms with Crippen molar-refractivity contribution in [1.82, 2.24) is 0 Å². The third-order valence-corrected chi connectivity index (χ3v) is 3.55. The Hall–Kier alpha value is -1.27. The van der Waals surface area contributed by atoms with Crippen LogP contribution in [0.25, 0.3) is 0 Å². The van der Waals surface area contributed by atoms with Gasteiger partial charge in [0, 0.05) is 0 Å². The van der Waals surface area contributed by atoms with Crippen molar-refractivity contribution in [3.63, 3.8) is 0 Å². The van der Waals surface area contributed by atoms with Crippen molar-refractivity contribution in [2.45, 2.75) is 54.1 Å². The third-order valence-electron chi connectivity index (χ3n) is 3.55. The number of esters is 2. The van der Waals surface area contributed by atoms with E-state index in [0.29, 0.717) is 0 Å². The number of halogens is 3. The first kappa shape index (κ1) is 21.7. The minimum Gasteiger partial charge on any atom is -0.465 e. The highest BCUT2D eigenvalue weighted by atomic mass is 19.4. The maximum Gasteiger partial charge on any atom is 0.392 e. The molecule has 0 aromatic carbocycles. The predicted octanol–water partition coefficient (Wildman–Crippen LogP) is 3.98. The molecule has 7 heteroatoms. The van der Waals surface area contributed by atoms with Crippen molar-refractivity contribution in [3.8, 4) is 0 Å². The number of hydrogen-bond acceptors (Lipinski definition) is 4. The molecule has 0 fully saturated rings. The molecule has 0 aromatic heterocycles. The van der Waals surface area contributed by atoms with Crippen LogP contribution in [0.2, 0.25) is 0 Å². The highest BCUT2D eigenvalue weighted by Crippen LogP contribution is 2.43. The Morgan fingerprint density at radius 2 is 1.35 bits per heavy atom. The molecule has 136 valence electrons. The summed E-state index contributed by atoms with van der Waals surface area (Å²) in [7, 11) is 0. The van der Waals surface area contributed by atoms with Crippen LogP contribution in [0.4, 0.5) is 13.2 Å². The van der Waals surface area contributed by atoms with E-state index in [4.69, 9.17) is 9.47 Å². The van der Waals surface area contributed by atoms with Gasteiger partial charge in [0.15, 0.2) is 0 Å². The van der Waals surface area contributed by atoms with Gasteiger partial charge < -0.3 is 9.47 Å². The summed E-state index contributed by atoms with van der Waals surface area (Å²) < 4.78 is 49.2. The highest BCUT2D eigenvalue weighted by molar-refractivity contribution is 5.83. The van der Waals surface area contributed by atoms with E-state index in [1.165, 1.54) is 0 Å². The van der Waals surface area contributed by atoms with Gasteiger partial charge >= 0.3 is 18.1 Å². The first-order valence-electron chi connectivity index (χ1n) is 7.70. The van der Waals surface area contributed by atoms with E-state index in [0.717, 1.165) is 13.8 Å². The molecule has 4 nitrogen and oxygen atoms in total. The third kappa shape index (κ3) is 7.22. The Bertz CT molecular complexity index is 405. The molecule has 0 amide bonds. The maximum atomic E-state index is 13.1. The monoisotopic (exact) mass is 340 g/mol. The molecule has 0 aliphatic heterocycles. The van der Waals surface area contributed by atoms with E-state index in [2.05, 4.69) is 0 Å². The zero-order chi connectivity index (χ0) is 18.4. The molecule has 0 radical (unpaired) electrons. The SMILES string of the molecule is CC(C)COC(=O)CC(C)(C(=O)OCC(C)C)C(C)C(F)(F)F. The standard InChI is InChI=1S/C16H27F3O4/c1-10(2)8-22-13(20)7-15(6,12(5)16(17,18)19)14(21)23-9-11(3)4/h10-12H,7-9H2,1-6H3. The van der Waals surface area contributed by atoms with E-state index in [-0.39, 0.29) is 25.0 Å². The van der Waals surface area contributed by atoms with Crippen LogP contribution in [0.3, 0.4) is 0 Å². The lowest BCUT2D eigenvalue weighted by molar-refractivity contribution is -0.213. The van der Waals surface area contributed by atoms with Gasteiger partial charge in [-0.3, -0.25) is 9.59 Å². The van der Waals surface area contributed by atoms with Crippen LogP contribution < -0.4 is 0 Å².